The molecular weight excluding hydrogens is 218 g/mol. The van der Waals surface area contributed by atoms with Crippen LogP contribution in [0.4, 0.5) is 5.82 Å². The predicted octanol–water partition coefficient (Wildman–Crippen LogP) is 2.58. The van der Waals surface area contributed by atoms with Crippen molar-refractivity contribution in [1.82, 2.24) is 9.97 Å². The molecule has 0 aromatic carbocycles. The van der Waals surface area contributed by atoms with Crippen molar-refractivity contribution in [3.8, 4) is 0 Å². The molecule has 4 heteroatoms. The van der Waals surface area contributed by atoms with E-state index in [2.05, 4.69) is 16.9 Å². The second kappa shape index (κ2) is 5.53. The molecule has 0 radical (unpaired) electrons. The number of hydrogen-bond acceptors (Lipinski definition) is 4. The summed E-state index contributed by atoms with van der Waals surface area (Å²) < 4.78 is 0. The molecule has 0 unspecified atom stereocenters. The Morgan fingerprint density at radius 1 is 1.19 bits per heavy atom. The Bertz CT molecular complexity index is 366. The Hall–Kier alpha value is -0.770. The lowest BCUT2D eigenvalue weighted by Crippen LogP contribution is -2.08. The molecule has 2 N–H and O–H groups in total. The molecule has 1 aliphatic rings. The molecule has 0 bridgehead atoms. The maximum absolute atomic E-state index is 6.02. The fourth-order valence-electron chi connectivity index (χ4n) is 2.11. The molecule has 16 heavy (non-hydrogen) atoms. The van der Waals surface area contributed by atoms with Crippen molar-refractivity contribution in [1.29, 1.82) is 0 Å². The van der Waals surface area contributed by atoms with Gasteiger partial charge in [-0.05, 0) is 31.4 Å². The number of nitrogen functional groups attached to an aromatic ring is 1. The van der Waals surface area contributed by atoms with E-state index in [4.69, 9.17) is 5.73 Å². The Labute approximate surface area is 101 Å². The van der Waals surface area contributed by atoms with Gasteiger partial charge in [-0.3, -0.25) is 0 Å². The Morgan fingerprint density at radius 2 is 2.00 bits per heavy atom. The highest BCUT2D eigenvalue weighted by Crippen LogP contribution is 2.23. The number of aryl methyl sites for hydroxylation is 1. The Balaban J connectivity index is 2.24. The van der Waals surface area contributed by atoms with E-state index in [1.54, 1.807) is 0 Å². The summed E-state index contributed by atoms with van der Waals surface area (Å²) in [5, 5.41) is 0. The third-order valence-corrected chi connectivity index (χ3v) is 3.82. The smallest absolute Gasteiger partial charge is 0.140 e. The van der Waals surface area contributed by atoms with E-state index >= 15 is 0 Å². The van der Waals surface area contributed by atoms with Crippen LogP contribution in [0.3, 0.4) is 0 Å². The van der Waals surface area contributed by atoms with Crippen molar-refractivity contribution < 1.29 is 0 Å². The lowest BCUT2D eigenvalue weighted by molar-refractivity contribution is 0.708. The molecule has 88 valence electrons. The fourth-order valence-corrected chi connectivity index (χ4v) is 2.63. The number of rotatable bonds is 3. The minimum absolute atomic E-state index is 0.721. The van der Waals surface area contributed by atoms with E-state index in [1.807, 2.05) is 11.8 Å². The SMILES string of the molecule is CCSCc1nc(N)c2c(n1)CCCCC2. The van der Waals surface area contributed by atoms with Gasteiger partial charge in [-0.2, -0.15) is 11.8 Å². The summed E-state index contributed by atoms with van der Waals surface area (Å²) in [6, 6.07) is 0. The minimum Gasteiger partial charge on any atom is -0.383 e. The van der Waals surface area contributed by atoms with Crippen LogP contribution in [0.15, 0.2) is 0 Å². The van der Waals surface area contributed by atoms with Gasteiger partial charge in [0.15, 0.2) is 0 Å². The summed E-state index contributed by atoms with van der Waals surface area (Å²) in [5.41, 5.74) is 8.44. The molecular formula is C12H19N3S. The third kappa shape index (κ3) is 2.67. The summed E-state index contributed by atoms with van der Waals surface area (Å²) in [6.07, 6.45) is 5.89. The van der Waals surface area contributed by atoms with E-state index in [1.165, 1.54) is 30.5 Å². The number of thioether (sulfide) groups is 1. The number of hydrogen-bond donors (Lipinski definition) is 1. The number of fused-ring (bicyclic) bond motifs is 1. The van der Waals surface area contributed by atoms with Crippen LogP contribution >= 0.6 is 11.8 Å². The second-order valence-electron chi connectivity index (χ2n) is 4.15. The van der Waals surface area contributed by atoms with Crippen molar-refractivity contribution >= 4 is 17.6 Å². The molecule has 0 saturated heterocycles. The summed E-state index contributed by atoms with van der Waals surface area (Å²) in [4.78, 5) is 9.07. The first kappa shape index (κ1) is 11.7. The van der Waals surface area contributed by atoms with Gasteiger partial charge < -0.3 is 5.73 Å². The van der Waals surface area contributed by atoms with Crippen molar-refractivity contribution in [3.05, 3.63) is 17.1 Å². The predicted molar refractivity (Wildman–Crippen MR) is 69.5 cm³/mol. The zero-order valence-corrected chi connectivity index (χ0v) is 10.6. The molecule has 0 amide bonds. The number of nitrogens with two attached hydrogens (primary N) is 1. The lowest BCUT2D eigenvalue weighted by atomic mass is 10.1. The zero-order chi connectivity index (χ0) is 11.4. The summed E-state index contributed by atoms with van der Waals surface area (Å²) in [6.45, 7) is 2.15. The molecule has 0 aliphatic heterocycles. The van der Waals surface area contributed by atoms with Crippen molar-refractivity contribution in [2.75, 3.05) is 11.5 Å². The number of aromatic nitrogens is 2. The van der Waals surface area contributed by atoms with Crippen LogP contribution < -0.4 is 5.73 Å². The van der Waals surface area contributed by atoms with Crippen LogP contribution in [0.5, 0.6) is 0 Å². The van der Waals surface area contributed by atoms with Crippen LogP contribution in [0.25, 0.3) is 0 Å². The fraction of sp³-hybridized carbons (Fsp3) is 0.667. The molecule has 2 rings (SSSR count). The molecule has 0 spiro atoms. The maximum Gasteiger partial charge on any atom is 0.140 e. The number of anilines is 1. The quantitative estimate of drug-likeness (QED) is 0.821. The standard InChI is InChI=1S/C12H19N3S/c1-2-16-8-11-14-10-7-5-3-4-6-9(10)12(13)15-11/h2-8H2,1H3,(H2,13,14,15). The summed E-state index contributed by atoms with van der Waals surface area (Å²) >= 11 is 1.85. The molecule has 1 aromatic heterocycles. The Kier molecular flexibility index (Phi) is 4.04. The second-order valence-corrected chi connectivity index (χ2v) is 5.42. The highest BCUT2D eigenvalue weighted by Gasteiger charge is 2.14. The van der Waals surface area contributed by atoms with Crippen molar-refractivity contribution in [2.24, 2.45) is 0 Å². The molecule has 0 atom stereocenters. The van der Waals surface area contributed by atoms with E-state index in [0.29, 0.717) is 0 Å². The van der Waals surface area contributed by atoms with Gasteiger partial charge >= 0.3 is 0 Å². The molecule has 0 fully saturated rings. The molecule has 0 saturated carbocycles. The van der Waals surface area contributed by atoms with Crippen LogP contribution in [0, 0.1) is 0 Å². The van der Waals surface area contributed by atoms with E-state index in [9.17, 15) is 0 Å². The van der Waals surface area contributed by atoms with E-state index in [0.717, 1.165) is 36.0 Å². The molecule has 1 aliphatic carbocycles. The summed E-state index contributed by atoms with van der Waals surface area (Å²) in [5.74, 6) is 3.61. The first-order valence-electron chi connectivity index (χ1n) is 6.03. The minimum atomic E-state index is 0.721. The number of nitrogens with zero attached hydrogens (tertiary/aromatic N) is 2. The topological polar surface area (TPSA) is 51.8 Å². The van der Waals surface area contributed by atoms with Gasteiger partial charge in [-0.1, -0.05) is 13.3 Å². The zero-order valence-electron chi connectivity index (χ0n) is 9.83. The van der Waals surface area contributed by atoms with Crippen LogP contribution in [-0.2, 0) is 18.6 Å². The maximum atomic E-state index is 6.02. The van der Waals surface area contributed by atoms with Gasteiger partial charge in [-0.25, -0.2) is 9.97 Å². The highest BCUT2D eigenvalue weighted by molar-refractivity contribution is 7.98. The average Bonchev–Trinajstić information content (AvgIpc) is 2.51. The molecule has 3 nitrogen and oxygen atoms in total. The highest BCUT2D eigenvalue weighted by atomic mass is 32.2. The van der Waals surface area contributed by atoms with Crippen LogP contribution in [-0.4, -0.2) is 15.7 Å². The molecule has 1 heterocycles. The van der Waals surface area contributed by atoms with Crippen LogP contribution in [0.1, 0.15) is 43.3 Å². The first-order chi connectivity index (χ1) is 7.81. The first-order valence-corrected chi connectivity index (χ1v) is 7.18. The monoisotopic (exact) mass is 237 g/mol. The average molecular weight is 237 g/mol. The van der Waals surface area contributed by atoms with Gasteiger partial charge in [0.1, 0.15) is 11.6 Å². The normalized spacial score (nSPS) is 15.6. The van der Waals surface area contributed by atoms with Gasteiger partial charge in [0.25, 0.3) is 0 Å². The van der Waals surface area contributed by atoms with Gasteiger partial charge in [0.05, 0.1) is 5.75 Å². The lowest BCUT2D eigenvalue weighted by Gasteiger charge is -2.09. The van der Waals surface area contributed by atoms with E-state index in [-0.39, 0.29) is 0 Å². The third-order valence-electron chi connectivity index (χ3n) is 2.95. The van der Waals surface area contributed by atoms with Crippen LogP contribution in [0.2, 0.25) is 0 Å². The van der Waals surface area contributed by atoms with Crippen molar-refractivity contribution in [2.45, 2.75) is 44.8 Å². The van der Waals surface area contributed by atoms with Gasteiger partial charge in [-0.15, -0.1) is 0 Å². The van der Waals surface area contributed by atoms with Gasteiger partial charge in [0.2, 0.25) is 0 Å². The van der Waals surface area contributed by atoms with E-state index < -0.39 is 0 Å². The summed E-state index contributed by atoms with van der Waals surface area (Å²) in [7, 11) is 0. The Morgan fingerprint density at radius 3 is 2.81 bits per heavy atom. The van der Waals surface area contributed by atoms with Gasteiger partial charge in [0, 0.05) is 11.3 Å². The van der Waals surface area contributed by atoms with Crippen molar-refractivity contribution in [3.63, 3.8) is 0 Å². The molecule has 1 aromatic rings. The largest absolute Gasteiger partial charge is 0.383 e.